The second-order valence-corrected chi connectivity index (χ2v) is 16.6. The number of nitro benzene ring substituents is 1. The molecule has 70 heavy (non-hydrogen) atoms. The molecule has 0 aliphatic carbocycles. The van der Waals surface area contributed by atoms with Crippen LogP contribution in [0.4, 0.5) is 20.2 Å². The lowest BCUT2D eigenvalue weighted by Gasteiger charge is -2.14. The smallest absolute Gasteiger partial charge is 0.269 e. The van der Waals surface area contributed by atoms with Crippen molar-refractivity contribution >= 4 is 50.5 Å². The molecule has 0 atom stereocenters. The molecular weight excluding hydrogens is 891 g/mol. The van der Waals surface area contributed by atoms with Crippen LogP contribution in [0.5, 0.6) is 23.3 Å². The minimum absolute atomic E-state index is 0.0490. The fraction of sp³-hybridized carbons (Fsp3) is 0.105. The van der Waals surface area contributed by atoms with Crippen LogP contribution < -0.4 is 15.2 Å². The standard InChI is InChI=1S/C33H25FN2O5.C24H19FN2O2/c1-21(37)30-20-27(34)11-13-32(30)41-33-26(14-22-6-3-2-4-7-22)19-25-15-24(10-12-31(25)35-33)18-29(38)17-23-8-5-9-28(16-23)36(39)40;1-15(28)21-14-19(25)7-10-23(21)29-24-18(11-16-5-3-2-4-6-16)12-17-13-20(26)8-9-22(17)27-24/h2-13,15-16,19-20H,14,17-18H2,1H3;2-10,12-14H,11,26H2,1H3. The van der Waals surface area contributed by atoms with E-state index in [0.717, 1.165) is 50.2 Å². The normalized spacial score (nSPS) is 10.9. The Balaban J connectivity index is 0.000000200. The molecule has 0 bridgehead atoms. The molecule has 9 aromatic rings. The van der Waals surface area contributed by atoms with E-state index in [0.29, 0.717) is 41.4 Å². The van der Waals surface area contributed by atoms with Gasteiger partial charge in [-0.3, -0.25) is 24.5 Å². The van der Waals surface area contributed by atoms with Gasteiger partial charge in [-0.05, 0) is 115 Å². The molecule has 0 amide bonds. The van der Waals surface area contributed by atoms with Gasteiger partial charge in [-0.25, -0.2) is 18.7 Å². The first-order valence-corrected chi connectivity index (χ1v) is 22.2. The Hall–Kier alpha value is -8.97. The maximum Gasteiger partial charge on any atom is 0.269 e. The van der Waals surface area contributed by atoms with Crippen molar-refractivity contribution in [3.63, 3.8) is 0 Å². The molecule has 0 spiro atoms. The third-order valence-corrected chi connectivity index (χ3v) is 11.3. The first-order chi connectivity index (χ1) is 33.7. The summed E-state index contributed by atoms with van der Waals surface area (Å²) in [7, 11) is 0. The maximum atomic E-state index is 13.8. The van der Waals surface area contributed by atoms with E-state index in [9.17, 15) is 33.3 Å². The number of non-ortho nitro benzene ring substituents is 1. The second kappa shape index (κ2) is 21.3. The maximum absolute atomic E-state index is 13.8. The highest BCUT2D eigenvalue weighted by Gasteiger charge is 2.19. The lowest BCUT2D eigenvalue weighted by Crippen LogP contribution is -2.07. The van der Waals surface area contributed by atoms with Crippen LogP contribution >= 0.6 is 0 Å². The third-order valence-electron chi connectivity index (χ3n) is 11.3. The summed E-state index contributed by atoms with van der Waals surface area (Å²) >= 11 is 0. The summed E-state index contributed by atoms with van der Waals surface area (Å²) in [4.78, 5) is 56.9. The van der Waals surface area contributed by atoms with Crippen LogP contribution in [0, 0.1) is 21.7 Å². The number of hydrogen-bond acceptors (Lipinski definition) is 10. The van der Waals surface area contributed by atoms with Crippen molar-refractivity contribution in [2.45, 2.75) is 39.5 Å². The van der Waals surface area contributed by atoms with Gasteiger partial charge in [0.2, 0.25) is 11.8 Å². The van der Waals surface area contributed by atoms with E-state index in [1.54, 1.807) is 30.3 Å². The number of fused-ring (bicyclic) bond motifs is 2. The zero-order chi connectivity index (χ0) is 49.3. The van der Waals surface area contributed by atoms with Gasteiger partial charge in [0, 0.05) is 65.4 Å². The summed E-state index contributed by atoms with van der Waals surface area (Å²) in [6.07, 6.45) is 1.32. The molecule has 348 valence electrons. The van der Waals surface area contributed by atoms with E-state index in [1.807, 2.05) is 91.0 Å². The zero-order valence-electron chi connectivity index (χ0n) is 38.0. The van der Waals surface area contributed by atoms with E-state index < -0.39 is 16.6 Å². The van der Waals surface area contributed by atoms with Crippen LogP contribution in [0.1, 0.15) is 67.9 Å². The molecule has 0 aliphatic rings. The van der Waals surface area contributed by atoms with Gasteiger partial charge in [0.1, 0.15) is 28.9 Å². The first kappa shape index (κ1) is 47.5. The lowest BCUT2D eigenvalue weighted by atomic mass is 9.99. The van der Waals surface area contributed by atoms with Crippen LogP contribution in [0.2, 0.25) is 0 Å². The molecule has 0 radical (unpaired) electrons. The van der Waals surface area contributed by atoms with Crippen molar-refractivity contribution in [3.8, 4) is 23.3 Å². The Morgan fingerprint density at radius 2 is 1.01 bits per heavy atom. The molecule has 0 fully saturated rings. The van der Waals surface area contributed by atoms with Crippen LogP contribution in [-0.4, -0.2) is 32.2 Å². The Bertz CT molecular complexity index is 3440. The minimum atomic E-state index is -0.536. The number of nitro groups is 1. The van der Waals surface area contributed by atoms with Crippen LogP contribution in [0.25, 0.3) is 21.8 Å². The monoisotopic (exact) mass is 934 g/mol. The van der Waals surface area contributed by atoms with Crippen LogP contribution in [0.3, 0.4) is 0 Å². The summed E-state index contributed by atoms with van der Waals surface area (Å²) in [6.45, 7) is 2.73. The molecule has 0 aliphatic heterocycles. The number of pyridine rings is 2. The van der Waals surface area contributed by atoms with E-state index in [1.165, 1.54) is 56.3 Å². The van der Waals surface area contributed by atoms with Gasteiger partial charge in [0.15, 0.2) is 11.6 Å². The number of benzene rings is 7. The molecule has 2 aromatic heterocycles. The fourth-order valence-corrected chi connectivity index (χ4v) is 7.88. The number of nitrogen functional groups attached to an aromatic ring is 1. The summed E-state index contributed by atoms with van der Waals surface area (Å²) in [5.41, 5.74) is 13.2. The largest absolute Gasteiger partial charge is 0.438 e. The predicted molar refractivity (Wildman–Crippen MR) is 265 cm³/mol. The molecule has 11 nitrogen and oxygen atoms in total. The SMILES string of the molecule is CC(=O)c1cc(F)ccc1Oc1nc2ccc(CC(=O)Cc3cccc([N+](=O)[O-])c3)cc2cc1Cc1ccccc1.CC(=O)c1cc(F)ccc1Oc1nc2ccc(N)cc2cc1Cc1ccccc1. The van der Waals surface area contributed by atoms with Gasteiger partial charge >= 0.3 is 0 Å². The number of Topliss-reactive ketones (excluding diaryl/α,β-unsaturated/α-hetero) is 3. The molecule has 0 unspecified atom stereocenters. The number of ketones is 3. The fourth-order valence-electron chi connectivity index (χ4n) is 7.88. The van der Waals surface area contributed by atoms with Crippen molar-refractivity contribution < 1.29 is 37.6 Å². The molecule has 9 rings (SSSR count). The second-order valence-electron chi connectivity index (χ2n) is 16.6. The Labute approximate surface area is 401 Å². The number of halogens is 2. The third kappa shape index (κ3) is 11.9. The van der Waals surface area contributed by atoms with Crippen molar-refractivity contribution in [1.82, 2.24) is 9.97 Å². The number of ether oxygens (including phenoxy) is 2. The molecule has 2 N–H and O–H groups in total. The Morgan fingerprint density at radius 3 is 1.51 bits per heavy atom. The number of hydrogen-bond donors (Lipinski definition) is 1. The molecule has 0 saturated carbocycles. The number of carbonyl (C=O) groups excluding carboxylic acids is 3. The topological polar surface area (TPSA) is 165 Å². The van der Waals surface area contributed by atoms with Gasteiger partial charge in [-0.15, -0.1) is 0 Å². The molecule has 13 heteroatoms. The van der Waals surface area contributed by atoms with E-state index in [4.69, 9.17) is 20.2 Å². The minimum Gasteiger partial charge on any atom is -0.438 e. The number of rotatable bonds is 15. The number of carbonyl (C=O) groups is 3. The highest BCUT2D eigenvalue weighted by atomic mass is 19.1. The lowest BCUT2D eigenvalue weighted by molar-refractivity contribution is -0.384. The summed E-state index contributed by atoms with van der Waals surface area (Å²) in [5, 5.41) is 12.8. The zero-order valence-corrected chi connectivity index (χ0v) is 38.0. The van der Waals surface area contributed by atoms with Crippen molar-refractivity contribution in [3.05, 3.63) is 236 Å². The van der Waals surface area contributed by atoms with E-state index in [2.05, 4.69) is 4.98 Å². The Morgan fingerprint density at radius 1 is 0.543 bits per heavy atom. The number of anilines is 1. The number of nitrogens with two attached hydrogens (primary N) is 1. The highest BCUT2D eigenvalue weighted by molar-refractivity contribution is 5.97. The number of nitrogens with zero attached hydrogens (tertiary/aromatic N) is 3. The first-order valence-electron chi connectivity index (χ1n) is 22.2. The van der Waals surface area contributed by atoms with Gasteiger partial charge in [-0.2, -0.15) is 0 Å². The highest BCUT2D eigenvalue weighted by Crippen LogP contribution is 2.34. The quantitative estimate of drug-likeness (QED) is 0.0453. The van der Waals surface area contributed by atoms with Gasteiger partial charge in [0.05, 0.1) is 27.1 Å². The molecule has 2 heterocycles. The van der Waals surface area contributed by atoms with Crippen molar-refractivity contribution in [2.24, 2.45) is 0 Å². The predicted octanol–water partition coefficient (Wildman–Crippen LogP) is 12.8. The molecule has 0 saturated heterocycles. The summed E-state index contributed by atoms with van der Waals surface area (Å²) < 4.78 is 39.6. The van der Waals surface area contributed by atoms with Crippen LogP contribution in [0.15, 0.2) is 170 Å². The van der Waals surface area contributed by atoms with Gasteiger partial charge in [-0.1, -0.05) is 78.9 Å². The van der Waals surface area contributed by atoms with Gasteiger partial charge in [0.25, 0.3) is 5.69 Å². The van der Waals surface area contributed by atoms with Gasteiger partial charge < -0.3 is 15.2 Å². The average Bonchev–Trinajstić information content (AvgIpc) is 3.34. The molecule has 7 aromatic carbocycles. The average molecular weight is 935 g/mol. The Kier molecular flexibility index (Phi) is 14.5. The van der Waals surface area contributed by atoms with Crippen molar-refractivity contribution in [2.75, 3.05) is 5.73 Å². The summed E-state index contributed by atoms with van der Waals surface area (Å²) in [5.74, 6) is -0.554. The van der Waals surface area contributed by atoms with Crippen LogP contribution in [-0.2, 0) is 30.5 Å². The summed E-state index contributed by atoms with van der Waals surface area (Å²) in [6, 6.07) is 48.3. The molecular formula is C57H44F2N4O7. The van der Waals surface area contributed by atoms with E-state index >= 15 is 0 Å². The number of aromatic nitrogens is 2. The van der Waals surface area contributed by atoms with Crippen molar-refractivity contribution in [1.29, 1.82) is 0 Å². The van der Waals surface area contributed by atoms with E-state index in [-0.39, 0.29) is 58.5 Å².